The topological polar surface area (TPSA) is 69.0 Å². The third-order valence-corrected chi connectivity index (χ3v) is 2.29. The van der Waals surface area contributed by atoms with Crippen LogP contribution in [0.5, 0.6) is 0 Å². The molecule has 1 aromatic rings. The highest BCUT2D eigenvalue weighted by Crippen LogP contribution is 2.10. The molecule has 0 saturated carbocycles. The Balaban J connectivity index is 2.72. The van der Waals surface area contributed by atoms with E-state index in [9.17, 15) is 4.79 Å². The van der Waals surface area contributed by atoms with E-state index in [4.69, 9.17) is 5.26 Å². The molecule has 1 heterocycles. The molecule has 90 valence electrons. The van der Waals surface area contributed by atoms with Gasteiger partial charge in [-0.15, -0.1) is 0 Å². The molecule has 0 aliphatic carbocycles. The van der Waals surface area contributed by atoms with Crippen molar-refractivity contribution in [3.05, 3.63) is 23.9 Å². The van der Waals surface area contributed by atoms with Crippen molar-refractivity contribution in [2.75, 3.05) is 24.5 Å². The van der Waals surface area contributed by atoms with Crippen LogP contribution in [0.1, 0.15) is 19.4 Å². The van der Waals surface area contributed by atoms with Crippen LogP contribution in [0.3, 0.4) is 0 Å². The Morgan fingerprint density at radius 1 is 1.53 bits per heavy atom. The minimum absolute atomic E-state index is 0.0273. The summed E-state index contributed by atoms with van der Waals surface area (Å²) in [6, 6.07) is 5.46. The number of carbonyl (C=O) groups excluding carboxylic acids is 1. The summed E-state index contributed by atoms with van der Waals surface area (Å²) in [7, 11) is 0. The predicted molar refractivity (Wildman–Crippen MR) is 65.5 cm³/mol. The monoisotopic (exact) mass is 232 g/mol. The van der Waals surface area contributed by atoms with Gasteiger partial charge >= 0.3 is 0 Å². The molecule has 5 heteroatoms. The lowest BCUT2D eigenvalue weighted by Gasteiger charge is -2.20. The molecule has 0 aliphatic heterocycles. The van der Waals surface area contributed by atoms with Crippen molar-refractivity contribution >= 4 is 11.7 Å². The average molecular weight is 232 g/mol. The minimum atomic E-state index is -0.0273. The summed E-state index contributed by atoms with van der Waals surface area (Å²) in [6.45, 7) is 5.43. The molecule has 0 aliphatic rings. The van der Waals surface area contributed by atoms with Crippen molar-refractivity contribution in [2.24, 2.45) is 0 Å². The quantitative estimate of drug-likeness (QED) is 0.819. The molecule has 0 aromatic carbocycles. The fourth-order valence-corrected chi connectivity index (χ4v) is 1.42. The van der Waals surface area contributed by atoms with Crippen LogP contribution in [0.25, 0.3) is 0 Å². The minimum Gasteiger partial charge on any atom is -0.355 e. The first kappa shape index (κ1) is 13.0. The smallest absolute Gasteiger partial charge is 0.239 e. The lowest BCUT2D eigenvalue weighted by Crippen LogP contribution is -2.37. The molecule has 1 N–H and O–H groups in total. The van der Waals surface area contributed by atoms with Crippen molar-refractivity contribution in [3.8, 4) is 6.07 Å². The van der Waals surface area contributed by atoms with E-state index < -0.39 is 0 Å². The van der Waals surface area contributed by atoms with Crippen LogP contribution in [0, 0.1) is 11.3 Å². The Hall–Kier alpha value is -2.09. The number of hydrogen-bond acceptors (Lipinski definition) is 4. The number of aromatic nitrogens is 1. The number of nitrogens with zero attached hydrogens (tertiary/aromatic N) is 3. The molecule has 17 heavy (non-hydrogen) atoms. The third-order valence-electron chi connectivity index (χ3n) is 2.29. The van der Waals surface area contributed by atoms with E-state index in [1.807, 2.05) is 24.8 Å². The summed E-state index contributed by atoms with van der Waals surface area (Å²) in [5, 5.41) is 11.4. The summed E-state index contributed by atoms with van der Waals surface area (Å²) in [5.41, 5.74) is 0.516. The highest BCUT2D eigenvalue weighted by Gasteiger charge is 2.10. The summed E-state index contributed by atoms with van der Waals surface area (Å²) in [4.78, 5) is 17.5. The van der Waals surface area contributed by atoms with Gasteiger partial charge in [-0.1, -0.05) is 0 Å². The zero-order valence-electron chi connectivity index (χ0n) is 10.1. The van der Waals surface area contributed by atoms with Crippen LogP contribution >= 0.6 is 0 Å². The van der Waals surface area contributed by atoms with E-state index in [1.165, 1.54) is 6.20 Å². The van der Waals surface area contributed by atoms with Crippen LogP contribution in [-0.4, -0.2) is 30.5 Å². The number of nitriles is 1. The summed E-state index contributed by atoms with van der Waals surface area (Å²) in [6.07, 6.45) is 1.51. The molecule has 0 radical (unpaired) electrons. The van der Waals surface area contributed by atoms with Gasteiger partial charge in [0.1, 0.15) is 11.9 Å². The first-order chi connectivity index (χ1) is 8.21. The van der Waals surface area contributed by atoms with E-state index in [2.05, 4.69) is 10.3 Å². The molecule has 0 saturated heterocycles. The number of likely N-dealkylation sites (N-methyl/N-ethyl adjacent to an activating group) is 2. The summed E-state index contributed by atoms with van der Waals surface area (Å²) in [5.74, 6) is 0.679. The van der Waals surface area contributed by atoms with Crippen molar-refractivity contribution in [1.29, 1.82) is 5.26 Å². The Morgan fingerprint density at radius 3 is 2.76 bits per heavy atom. The molecule has 0 spiro atoms. The fourth-order valence-electron chi connectivity index (χ4n) is 1.42. The molecule has 0 atom stereocenters. The molecule has 0 unspecified atom stereocenters. The van der Waals surface area contributed by atoms with Gasteiger partial charge in [0, 0.05) is 19.3 Å². The van der Waals surface area contributed by atoms with E-state index in [-0.39, 0.29) is 12.5 Å². The van der Waals surface area contributed by atoms with Crippen LogP contribution in [-0.2, 0) is 4.79 Å². The molecule has 0 bridgehead atoms. The Bertz CT molecular complexity index is 408. The van der Waals surface area contributed by atoms with Gasteiger partial charge in [0.15, 0.2) is 0 Å². The number of pyridine rings is 1. The largest absolute Gasteiger partial charge is 0.355 e. The number of nitrogens with one attached hydrogen (secondary N) is 1. The normalized spacial score (nSPS) is 9.47. The Labute approximate surface area is 101 Å². The van der Waals surface area contributed by atoms with Gasteiger partial charge in [-0.05, 0) is 26.0 Å². The summed E-state index contributed by atoms with van der Waals surface area (Å²) < 4.78 is 0. The Morgan fingerprint density at radius 2 is 2.29 bits per heavy atom. The zero-order valence-corrected chi connectivity index (χ0v) is 10.1. The fraction of sp³-hybridized carbons (Fsp3) is 0.417. The van der Waals surface area contributed by atoms with Crippen LogP contribution in [0.15, 0.2) is 18.3 Å². The molecule has 1 aromatic heterocycles. The van der Waals surface area contributed by atoms with Crippen molar-refractivity contribution in [3.63, 3.8) is 0 Å². The van der Waals surface area contributed by atoms with Crippen molar-refractivity contribution < 1.29 is 4.79 Å². The first-order valence-electron chi connectivity index (χ1n) is 5.59. The third kappa shape index (κ3) is 3.76. The second-order valence-electron chi connectivity index (χ2n) is 3.48. The number of carbonyl (C=O) groups is 1. The van der Waals surface area contributed by atoms with E-state index in [0.29, 0.717) is 24.5 Å². The van der Waals surface area contributed by atoms with Gasteiger partial charge in [-0.3, -0.25) is 4.79 Å². The number of hydrogen-bond donors (Lipinski definition) is 1. The first-order valence-corrected chi connectivity index (χ1v) is 5.59. The molecular formula is C12H16N4O. The van der Waals surface area contributed by atoms with Crippen molar-refractivity contribution in [1.82, 2.24) is 10.3 Å². The zero-order chi connectivity index (χ0) is 12.7. The highest BCUT2D eigenvalue weighted by atomic mass is 16.2. The SMILES string of the molecule is CCNC(=O)CN(CC)c1ccc(C#N)cn1. The van der Waals surface area contributed by atoms with Gasteiger partial charge in [-0.25, -0.2) is 4.98 Å². The lowest BCUT2D eigenvalue weighted by molar-refractivity contribution is -0.119. The lowest BCUT2D eigenvalue weighted by atomic mass is 10.3. The van der Waals surface area contributed by atoms with Gasteiger partial charge < -0.3 is 10.2 Å². The maximum Gasteiger partial charge on any atom is 0.239 e. The van der Waals surface area contributed by atoms with E-state index in [1.54, 1.807) is 12.1 Å². The summed E-state index contributed by atoms with van der Waals surface area (Å²) >= 11 is 0. The van der Waals surface area contributed by atoms with Crippen molar-refractivity contribution in [2.45, 2.75) is 13.8 Å². The molecule has 1 rings (SSSR count). The van der Waals surface area contributed by atoms with Gasteiger partial charge in [0.05, 0.1) is 12.1 Å². The van der Waals surface area contributed by atoms with Crippen LogP contribution < -0.4 is 10.2 Å². The van der Waals surface area contributed by atoms with E-state index >= 15 is 0 Å². The molecule has 5 nitrogen and oxygen atoms in total. The standard InChI is InChI=1S/C12H16N4O/c1-3-14-12(17)9-16(4-2)11-6-5-10(7-13)8-15-11/h5-6,8H,3-4,9H2,1-2H3,(H,14,17). The highest BCUT2D eigenvalue weighted by molar-refractivity contribution is 5.80. The average Bonchev–Trinajstić information content (AvgIpc) is 2.36. The van der Waals surface area contributed by atoms with Crippen LogP contribution in [0.4, 0.5) is 5.82 Å². The van der Waals surface area contributed by atoms with Gasteiger partial charge in [0.2, 0.25) is 5.91 Å². The van der Waals surface area contributed by atoms with E-state index in [0.717, 1.165) is 0 Å². The second-order valence-corrected chi connectivity index (χ2v) is 3.48. The second kappa shape index (κ2) is 6.48. The Kier molecular flexibility index (Phi) is 4.95. The molecule has 1 amide bonds. The van der Waals surface area contributed by atoms with Crippen LogP contribution in [0.2, 0.25) is 0 Å². The molecule has 0 fully saturated rings. The number of rotatable bonds is 5. The maximum atomic E-state index is 11.5. The molecular weight excluding hydrogens is 216 g/mol. The maximum absolute atomic E-state index is 11.5. The number of amides is 1. The predicted octanol–water partition coefficient (Wildman–Crippen LogP) is 0.916. The van der Waals surface area contributed by atoms with Gasteiger partial charge in [0.25, 0.3) is 0 Å². The van der Waals surface area contributed by atoms with Gasteiger partial charge in [-0.2, -0.15) is 5.26 Å². The number of anilines is 1.